The zero-order valence-electron chi connectivity index (χ0n) is 14.7. The molecule has 1 heterocycles. The Kier molecular flexibility index (Phi) is 7.46. The van der Waals surface area contributed by atoms with Gasteiger partial charge in [-0.25, -0.2) is 4.99 Å². The molecule has 5 nitrogen and oxygen atoms in total. The Hall–Kier alpha value is -1.86. The van der Waals surface area contributed by atoms with E-state index in [1.54, 1.807) is 30.3 Å². The number of rotatable bonds is 6. The van der Waals surface area contributed by atoms with Gasteiger partial charge in [-0.2, -0.15) is 0 Å². The maximum atomic E-state index is 11.9. The number of likely N-dealkylation sites (N-methyl/N-ethyl adjacent to an activating group) is 1. The van der Waals surface area contributed by atoms with E-state index in [1.807, 2.05) is 41.6 Å². The van der Waals surface area contributed by atoms with E-state index in [2.05, 4.69) is 38.4 Å². The van der Waals surface area contributed by atoms with Crippen molar-refractivity contribution in [3.8, 4) is 0 Å². The highest BCUT2D eigenvalue weighted by Gasteiger charge is 2.11. The number of nitrogens with zero attached hydrogens (tertiary/aromatic N) is 3. The fourth-order valence-corrected chi connectivity index (χ4v) is 3.19. The van der Waals surface area contributed by atoms with Crippen LogP contribution in [0.5, 0.6) is 0 Å². The van der Waals surface area contributed by atoms with Gasteiger partial charge >= 0.3 is 0 Å². The van der Waals surface area contributed by atoms with Gasteiger partial charge in [0.2, 0.25) is 5.91 Å². The highest BCUT2D eigenvalue weighted by molar-refractivity contribution is 9.10. The van der Waals surface area contributed by atoms with Crippen LogP contribution in [0.4, 0.5) is 0 Å². The molecule has 0 aliphatic rings. The Bertz CT molecular complexity index is 716. The third-order valence-corrected chi connectivity index (χ3v) is 5.24. The lowest BCUT2D eigenvalue weighted by molar-refractivity contribution is -0.127. The molecule has 134 valence electrons. The second-order valence-corrected chi connectivity index (χ2v) is 7.69. The molecule has 0 saturated heterocycles. The van der Waals surface area contributed by atoms with E-state index >= 15 is 0 Å². The molecule has 7 heteroatoms. The first kappa shape index (κ1) is 19.5. The Labute approximate surface area is 161 Å². The number of aliphatic imine (C=N–C) groups is 1. The fraction of sp³-hybridized carbons (Fsp3) is 0.333. The molecule has 0 spiro atoms. The summed E-state index contributed by atoms with van der Waals surface area (Å²) in [7, 11) is 5.45. The molecule has 0 bridgehead atoms. The minimum absolute atomic E-state index is 0.0234. The fourth-order valence-electron chi connectivity index (χ4n) is 2.13. The van der Waals surface area contributed by atoms with Crippen molar-refractivity contribution in [1.82, 2.24) is 15.1 Å². The summed E-state index contributed by atoms with van der Waals surface area (Å²) in [5.41, 5.74) is 1.16. The SMILES string of the molecule is CN(C)C(=O)CN=C(NCc1cccs1)N(C)Cc1ccccc1Br. The first-order valence-corrected chi connectivity index (χ1v) is 9.60. The van der Waals surface area contributed by atoms with Gasteiger partial charge in [-0.05, 0) is 23.1 Å². The monoisotopic (exact) mass is 422 g/mol. The largest absolute Gasteiger partial charge is 0.351 e. The van der Waals surface area contributed by atoms with Gasteiger partial charge in [-0.3, -0.25) is 4.79 Å². The molecule has 1 aromatic carbocycles. The lowest BCUT2D eigenvalue weighted by Gasteiger charge is -2.23. The van der Waals surface area contributed by atoms with E-state index in [0.717, 1.165) is 10.0 Å². The molecule has 0 fully saturated rings. The van der Waals surface area contributed by atoms with E-state index in [0.29, 0.717) is 19.0 Å². The molecule has 2 rings (SSSR count). The number of halogens is 1. The highest BCUT2D eigenvalue weighted by atomic mass is 79.9. The highest BCUT2D eigenvalue weighted by Crippen LogP contribution is 2.17. The van der Waals surface area contributed by atoms with Gasteiger partial charge in [-0.15, -0.1) is 11.3 Å². The Morgan fingerprint density at radius 1 is 1.20 bits per heavy atom. The predicted octanol–water partition coefficient (Wildman–Crippen LogP) is 3.18. The van der Waals surface area contributed by atoms with Crippen molar-refractivity contribution in [3.63, 3.8) is 0 Å². The summed E-state index contributed by atoms with van der Waals surface area (Å²) in [6.45, 7) is 1.50. The van der Waals surface area contributed by atoms with Gasteiger partial charge < -0.3 is 15.1 Å². The molecule has 0 aliphatic carbocycles. The van der Waals surface area contributed by atoms with Crippen molar-refractivity contribution in [2.45, 2.75) is 13.1 Å². The van der Waals surface area contributed by atoms with Crippen LogP contribution in [-0.2, 0) is 17.9 Å². The molecule has 1 aromatic heterocycles. The molecule has 0 radical (unpaired) electrons. The molecular formula is C18H23BrN4OS. The van der Waals surface area contributed by atoms with Crippen molar-refractivity contribution in [2.75, 3.05) is 27.7 Å². The quantitative estimate of drug-likeness (QED) is 0.574. The van der Waals surface area contributed by atoms with E-state index in [4.69, 9.17) is 0 Å². The molecule has 25 heavy (non-hydrogen) atoms. The summed E-state index contributed by atoms with van der Waals surface area (Å²) in [5, 5.41) is 5.41. The number of hydrogen-bond donors (Lipinski definition) is 1. The first-order chi connectivity index (χ1) is 12.0. The maximum absolute atomic E-state index is 11.9. The van der Waals surface area contributed by atoms with Gasteiger partial charge in [0, 0.05) is 37.0 Å². The molecule has 0 atom stereocenters. The topological polar surface area (TPSA) is 47.9 Å². The van der Waals surface area contributed by atoms with Crippen LogP contribution in [-0.4, -0.2) is 49.4 Å². The third kappa shape index (κ3) is 6.17. The molecule has 0 unspecified atom stereocenters. The van der Waals surface area contributed by atoms with Crippen molar-refractivity contribution < 1.29 is 4.79 Å². The number of amides is 1. The van der Waals surface area contributed by atoms with Crippen LogP contribution in [0.2, 0.25) is 0 Å². The summed E-state index contributed by atoms with van der Waals surface area (Å²) in [6, 6.07) is 12.2. The average molecular weight is 423 g/mol. The number of thiophene rings is 1. The van der Waals surface area contributed by atoms with Gasteiger partial charge in [-0.1, -0.05) is 40.2 Å². The number of nitrogens with one attached hydrogen (secondary N) is 1. The Morgan fingerprint density at radius 3 is 2.60 bits per heavy atom. The molecule has 1 N–H and O–H groups in total. The molecular weight excluding hydrogens is 400 g/mol. The maximum Gasteiger partial charge on any atom is 0.243 e. The van der Waals surface area contributed by atoms with Crippen LogP contribution >= 0.6 is 27.3 Å². The Morgan fingerprint density at radius 2 is 1.96 bits per heavy atom. The minimum atomic E-state index is -0.0234. The summed E-state index contributed by atoms with van der Waals surface area (Å²) >= 11 is 5.27. The number of carbonyl (C=O) groups is 1. The lowest BCUT2D eigenvalue weighted by atomic mass is 10.2. The second kappa shape index (κ2) is 9.58. The van der Waals surface area contributed by atoms with E-state index in [-0.39, 0.29) is 12.5 Å². The van der Waals surface area contributed by atoms with Crippen molar-refractivity contribution in [1.29, 1.82) is 0 Å². The zero-order valence-corrected chi connectivity index (χ0v) is 17.1. The number of hydrogen-bond acceptors (Lipinski definition) is 3. The molecule has 0 saturated carbocycles. The normalized spacial score (nSPS) is 11.3. The first-order valence-electron chi connectivity index (χ1n) is 7.92. The molecule has 1 amide bonds. The standard InChI is InChI=1S/C18H23BrN4OS/c1-22(2)17(24)12-21-18(20-11-15-8-6-10-25-15)23(3)13-14-7-4-5-9-16(14)19/h4-10H,11-13H2,1-3H3,(H,20,21). The van der Waals surface area contributed by atoms with Crippen LogP contribution in [0.1, 0.15) is 10.4 Å². The van der Waals surface area contributed by atoms with Gasteiger partial charge in [0.25, 0.3) is 0 Å². The summed E-state index contributed by atoms with van der Waals surface area (Å²) in [6.07, 6.45) is 0. The lowest BCUT2D eigenvalue weighted by Crippen LogP contribution is -2.39. The summed E-state index contributed by atoms with van der Waals surface area (Å²) < 4.78 is 1.06. The van der Waals surface area contributed by atoms with Crippen LogP contribution < -0.4 is 5.32 Å². The van der Waals surface area contributed by atoms with Crippen LogP contribution in [0.3, 0.4) is 0 Å². The number of guanidine groups is 1. The van der Waals surface area contributed by atoms with Gasteiger partial charge in [0.15, 0.2) is 5.96 Å². The summed E-state index contributed by atoms with van der Waals surface area (Å²) in [4.78, 5) is 21.2. The third-order valence-electron chi connectivity index (χ3n) is 3.59. The van der Waals surface area contributed by atoms with E-state index in [1.165, 1.54) is 4.88 Å². The minimum Gasteiger partial charge on any atom is -0.351 e. The van der Waals surface area contributed by atoms with Crippen molar-refractivity contribution >= 4 is 39.1 Å². The molecule has 0 aliphatic heterocycles. The average Bonchev–Trinajstić information content (AvgIpc) is 3.10. The Balaban J connectivity index is 2.09. The van der Waals surface area contributed by atoms with Crippen molar-refractivity contribution in [3.05, 3.63) is 56.7 Å². The van der Waals surface area contributed by atoms with Crippen LogP contribution in [0.25, 0.3) is 0 Å². The van der Waals surface area contributed by atoms with E-state index in [9.17, 15) is 4.79 Å². The molecule has 2 aromatic rings. The van der Waals surface area contributed by atoms with Crippen molar-refractivity contribution in [2.24, 2.45) is 4.99 Å². The van der Waals surface area contributed by atoms with Crippen LogP contribution in [0, 0.1) is 0 Å². The van der Waals surface area contributed by atoms with Gasteiger partial charge in [0.05, 0.1) is 6.54 Å². The number of benzene rings is 1. The van der Waals surface area contributed by atoms with E-state index < -0.39 is 0 Å². The number of carbonyl (C=O) groups excluding carboxylic acids is 1. The zero-order chi connectivity index (χ0) is 18.2. The van der Waals surface area contributed by atoms with Gasteiger partial charge in [0.1, 0.15) is 6.54 Å². The summed E-state index contributed by atoms with van der Waals surface area (Å²) in [5.74, 6) is 0.684. The van der Waals surface area contributed by atoms with Crippen LogP contribution in [0.15, 0.2) is 51.2 Å². The predicted molar refractivity (Wildman–Crippen MR) is 108 cm³/mol. The second-order valence-electron chi connectivity index (χ2n) is 5.81. The smallest absolute Gasteiger partial charge is 0.243 e.